The molecule has 0 fully saturated rings. The van der Waals surface area contributed by atoms with Gasteiger partial charge in [-0.3, -0.25) is 0 Å². The molecule has 1 aromatic carbocycles. The summed E-state index contributed by atoms with van der Waals surface area (Å²) in [5, 5.41) is 8.70. The van der Waals surface area contributed by atoms with Crippen molar-refractivity contribution in [3.8, 4) is 6.07 Å². The molecule has 0 spiro atoms. The fourth-order valence-electron chi connectivity index (χ4n) is 2.10. The molecule has 3 nitrogen and oxygen atoms in total. The second-order valence-corrected chi connectivity index (χ2v) is 7.35. The van der Waals surface area contributed by atoms with Crippen LogP contribution < -0.4 is 0 Å². The summed E-state index contributed by atoms with van der Waals surface area (Å²) >= 11 is 0. The Bertz CT molecular complexity index is 527. The largest absolute Gasteiger partial charge is 0.228 e. The maximum atomic E-state index is 12.0. The van der Waals surface area contributed by atoms with Gasteiger partial charge in [-0.1, -0.05) is 51.2 Å². The summed E-state index contributed by atoms with van der Waals surface area (Å²) in [4.78, 5) is 0. The highest BCUT2D eigenvalue weighted by Crippen LogP contribution is 2.11. The molecule has 0 saturated carbocycles. The average Bonchev–Trinajstić information content (AvgIpc) is 2.43. The molecule has 0 N–H and O–H groups in total. The van der Waals surface area contributed by atoms with Crippen molar-refractivity contribution in [1.29, 1.82) is 5.26 Å². The van der Waals surface area contributed by atoms with Crippen LogP contribution in [-0.4, -0.2) is 14.2 Å². The zero-order valence-corrected chi connectivity index (χ0v) is 13.0. The third kappa shape index (κ3) is 6.72. The highest BCUT2D eigenvalue weighted by Gasteiger charge is 2.11. The molecule has 0 aromatic heterocycles. The second-order valence-electron chi connectivity index (χ2n) is 5.17. The van der Waals surface area contributed by atoms with Gasteiger partial charge in [-0.15, -0.1) is 0 Å². The Balaban J connectivity index is 2.35. The summed E-state index contributed by atoms with van der Waals surface area (Å²) in [7, 11) is -3.03. The topological polar surface area (TPSA) is 57.9 Å². The smallest absolute Gasteiger partial charge is 0.154 e. The molecule has 110 valence electrons. The Morgan fingerprint density at radius 2 is 1.60 bits per heavy atom. The molecule has 0 heterocycles. The molecule has 1 aromatic rings. The minimum Gasteiger partial charge on any atom is -0.228 e. The number of unbranched alkanes of at least 4 members (excludes halogenated alkanes) is 5. The van der Waals surface area contributed by atoms with Crippen LogP contribution >= 0.6 is 0 Å². The fourth-order valence-corrected chi connectivity index (χ4v) is 3.59. The van der Waals surface area contributed by atoms with Gasteiger partial charge < -0.3 is 0 Å². The van der Waals surface area contributed by atoms with Gasteiger partial charge in [0.2, 0.25) is 0 Å². The summed E-state index contributed by atoms with van der Waals surface area (Å²) in [6, 6.07) is 8.79. The lowest BCUT2D eigenvalue weighted by Crippen LogP contribution is -2.09. The van der Waals surface area contributed by atoms with Crippen LogP contribution in [0, 0.1) is 11.3 Å². The summed E-state index contributed by atoms with van der Waals surface area (Å²) < 4.78 is 24.0. The van der Waals surface area contributed by atoms with Crippen LogP contribution in [0.25, 0.3) is 0 Å². The van der Waals surface area contributed by atoms with Gasteiger partial charge in [0, 0.05) is 0 Å². The highest BCUT2D eigenvalue weighted by atomic mass is 32.2. The fraction of sp³-hybridized carbons (Fsp3) is 0.562. The number of hydrogen-bond acceptors (Lipinski definition) is 3. The van der Waals surface area contributed by atoms with Crippen LogP contribution in [0.2, 0.25) is 0 Å². The van der Waals surface area contributed by atoms with E-state index >= 15 is 0 Å². The molecular formula is C16H23NO2S. The van der Waals surface area contributed by atoms with Gasteiger partial charge in [0.1, 0.15) is 0 Å². The highest BCUT2D eigenvalue weighted by molar-refractivity contribution is 7.90. The molecule has 0 amide bonds. The summed E-state index contributed by atoms with van der Waals surface area (Å²) in [6.45, 7) is 2.17. The first-order valence-electron chi connectivity index (χ1n) is 7.27. The quantitative estimate of drug-likeness (QED) is 0.650. The van der Waals surface area contributed by atoms with Crippen molar-refractivity contribution in [2.75, 3.05) is 5.75 Å². The maximum Gasteiger partial charge on any atom is 0.154 e. The first-order valence-corrected chi connectivity index (χ1v) is 9.09. The maximum absolute atomic E-state index is 12.0. The van der Waals surface area contributed by atoms with Gasteiger partial charge >= 0.3 is 0 Å². The van der Waals surface area contributed by atoms with Gasteiger partial charge in [-0.2, -0.15) is 5.26 Å². The van der Waals surface area contributed by atoms with Crippen LogP contribution in [0.3, 0.4) is 0 Å². The summed E-state index contributed by atoms with van der Waals surface area (Å²) in [5.74, 6) is 0.340. The predicted octanol–water partition coefficient (Wildman–Crippen LogP) is 3.83. The van der Waals surface area contributed by atoms with E-state index in [-0.39, 0.29) is 11.5 Å². The van der Waals surface area contributed by atoms with Gasteiger partial charge in [0.15, 0.2) is 9.84 Å². The number of benzene rings is 1. The number of hydrogen-bond donors (Lipinski definition) is 0. The van der Waals surface area contributed by atoms with Crippen molar-refractivity contribution in [3.05, 3.63) is 35.4 Å². The van der Waals surface area contributed by atoms with Crippen LogP contribution in [0.15, 0.2) is 24.3 Å². The molecule has 0 bridgehead atoms. The number of sulfone groups is 1. The van der Waals surface area contributed by atoms with E-state index in [1.54, 1.807) is 24.3 Å². The number of rotatable bonds is 9. The van der Waals surface area contributed by atoms with Crippen molar-refractivity contribution >= 4 is 9.84 Å². The molecule has 0 aliphatic heterocycles. The molecule has 0 radical (unpaired) electrons. The Hall–Kier alpha value is -1.34. The Morgan fingerprint density at radius 1 is 1.00 bits per heavy atom. The SMILES string of the molecule is CCCCCCCCS(=O)(=O)Cc1ccc(C#N)cc1. The second kappa shape index (κ2) is 8.76. The van der Waals surface area contributed by atoms with E-state index in [0.717, 1.165) is 24.8 Å². The van der Waals surface area contributed by atoms with Gasteiger partial charge in [-0.05, 0) is 24.1 Å². The van der Waals surface area contributed by atoms with Gasteiger partial charge in [0.25, 0.3) is 0 Å². The van der Waals surface area contributed by atoms with Crippen molar-refractivity contribution in [2.24, 2.45) is 0 Å². The van der Waals surface area contributed by atoms with Crippen LogP contribution in [0.4, 0.5) is 0 Å². The lowest BCUT2D eigenvalue weighted by molar-refractivity contribution is 0.583. The normalized spacial score (nSPS) is 11.2. The lowest BCUT2D eigenvalue weighted by Gasteiger charge is -2.05. The summed E-state index contributed by atoms with van der Waals surface area (Å²) in [6.07, 6.45) is 6.51. The molecule has 20 heavy (non-hydrogen) atoms. The third-order valence-corrected chi connectivity index (χ3v) is 4.96. The average molecular weight is 293 g/mol. The first-order chi connectivity index (χ1) is 9.57. The van der Waals surface area contributed by atoms with Crippen LogP contribution in [0.5, 0.6) is 0 Å². The van der Waals surface area contributed by atoms with Crippen molar-refractivity contribution in [2.45, 2.75) is 51.2 Å². The van der Waals surface area contributed by atoms with E-state index in [1.165, 1.54) is 19.3 Å². The molecule has 0 aliphatic carbocycles. The summed E-state index contributed by atoms with van der Waals surface area (Å²) in [5.41, 5.74) is 1.32. The Labute approximate surface area is 122 Å². The standard InChI is InChI=1S/C16H23NO2S/c1-2-3-4-5-6-7-12-20(18,19)14-16-10-8-15(13-17)9-11-16/h8-11H,2-7,12,14H2,1H3. The van der Waals surface area contributed by atoms with Crippen LogP contribution in [-0.2, 0) is 15.6 Å². The Kier molecular flexibility index (Phi) is 7.32. The molecule has 0 atom stereocenters. The van der Waals surface area contributed by atoms with E-state index in [1.807, 2.05) is 6.07 Å². The van der Waals surface area contributed by atoms with Gasteiger partial charge in [0.05, 0.1) is 23.1 Å². The zero-order valence-electron chi connectivity index (χ0n) is 12.1. The minimum atomic E-state index is -3.03. The minimum absolute atomic E-state index is 0.0771. The molecule has 0 aliphatic rings. The van der Waals surface area contributed by atoms with Crippen molar-refractivity contribution in [1.82, 2.24) is 0 Å². The predicted molar refractivity (Wildman–Crippen MR) is 82.0 cm³/mol. The first kappa shape index (κ1) is 16.7. The molecular weight excluding hydrogens is 270 g/mol. The zero-order chi connectivity index (χ0) is 14.8. The van der Waals surface area contributed by atoms with E-state index in [2.05, 4.69) is 6.92 Å². The molecule has 0 unspecified atom stereocenters. The Morgan fingerprint density at radius 3 is 2.20 bits per heavy atom. The van der Waals surface area contributed by atoms with Crippen molar-refractivity contribution < 1.29 is 8.42 Å². The molecule has 4 heteroatoms. The van der Waals surface area contributed by atoms with E-state index < -0.39 is 9.84 Å². The van der Waals surface area contributed by atoms with E-state index in [9.17, 15) is 8.42 Å². The van der Waals surface area contributed by atoms with Crippen molar-refractivity contribution in [3.63, 3.8) is 0 Å². The lowest BCUT2D eigenvalue weighted by atomic mass is 10.1. The van der Waals surface area contributed by atoms with Crippen LogP contribution in [0.1, 0.15) is 56.6 Å². The van der Waals surface area contributed by atoms with Gasteiger partial charge in [-0.25, -0.2) is 8.42 Å². The van der Waals surface area contributed by atoms with E-state index in [0.29, 0.717) is 5.56 Å². The number of nitrogens with zero attached hydrogens (tertiary/aromatic N) is 1. The molecule has 0 saturated heterocycles. The third-order valence-electron chi connectivity index (χ3n) is 3.28. The monoisotopic (exact) mass is 293 g/mol. The van der Waals surface area contributed by atoms with E-state index in [4.69, 9.17) is 5.26 Å². The number of nitriles is 1. The molecule has 1 rings (SSSR count).